The Hall–Kier alpha value is -0.823. The van der Waals surface area contributed by atoms with Gasteiger partial charge in [-0.2, -0.15) is 0 Å². The van der Waals surface area contributed by atoms with Crippen LogP contribution in [0.5, 0.6) is 0 Å². The molecule has 0 saturated heterocycles. The average Bonchev–Trinajstić information content (AvgIpc) is 3.21. The number of hydrogen-bond acceptors (Lipinski definition) is 0. The lowest BCUT2D eigenvalue weighted by atomic mass is 9.85. The van der Waals surface area contributed by atoms with Crippen molar-refractivity contribution in [2.75, 3.05) is 0 Å². The standard InChI is InChI=1S/C24H36Si/c1-5-17-15-23(21-13-9-7-11-19(17)21)25(3,4)24-16-18(6-2)20-12-8-10-14-22(20)24/h7-14,17-24H,5-6,15-16H2,1-4H3. The van der Waals surface area contributed by atoms with Gasteiger partial charge in [-0.15, -0.1) is 0 Å². The fourth-order valence-electron chi connectivity index (χ4n) is 7.06. The predicted octanol–water partition coefficient (Wildman–Crippen LogP) is 7.01. The van der Waals surface area contributed by atoms with Crippen LogP contribution in [-0.4, -0.2) is 8.07 Å². The summed E-state index contributed by atoms with van der Waals surface area (Å²) in [4.78, 5) is 0. The van der Waals surface area contributed by atoms with Crippen LogP contribution in [0, 0.1) is 35.5 Å². The van der Waals surface area contributed by atoms with Crippen LogP contribution in [0.2, 0.25) is 24.2 Å². The summed E-state index contributed by atoms with van der Waals surface area (Å²) in [5.74, 6) is 5.16. The minimum absolute atomic E-state index is 0.827. The fourth-order valence-corrected chi connectivity index (χ4v) is 12.1. The van der Waals surface area contributed by atoms with Crippen molar-refractivity contribution >= 4 is 8.07 Å². The average molecular weight is 353 g/mol. The molecule has 136 valence electrons. The third kappa shape index (κ3) is 2.78. The Morgan fingerprint density at radius 2 is 1.00 bits per heavy atom. The van der Waals surface area contributed by atoms with Crippen molar-refractivity contribution in [3.8, 4) is 0 Å². The molecule has 0 amide bonds. The molecule has 0 nitrogen and oxygen atoms in total. The molecule has 4 rings (SSSR count). The minimum atomic E-state index is -1.34. The lowest BCUT2D eigenvalue weighted by Crippen LogP contribution is -2.42. The third-order valence-corrected chi connectivity index (χ3v) is 13.6. The maximum Gasteiger partial charge on any atom is 0.0548 e. The van der Waals surface area contributed by atoms with E-state index in [1.165, 1.54) is 25.7 Å². The van der Waals surface area contributed by atoms with Gasteiger partial charge < -0.3 is 0 Å². The largest absolute Gasteiger partial charge is 0.0808 e. The van der Waals surface area contributed by atoms with E-state index in [1.807, 2.05) is 0 Å². The Bertz CT molecular complexity index is 556. The summed E-state index contributed by atoms with van der Waals surface area (Å²) in [5, 5.41) is 0. The molecule has 2 saturated carbocycles. The van der Waals surface area contributed by atoms with Crippen molar-refractivity contribution in [2.45, 2.75) is 63.7 Å². The first-order valence-corrected chi connectivity index (χ1v) is 13.9. The highest BCUT2D eigenvalue weighted by Crippen LogP contribution is 2.61. The van der Waals surface area contributed by atoms with Gasteiger partial charge >= 0.3 is 0 Å². The zero-order chi connectivity index (χ0) is 17.6. The summed E-state index contributed by atoms with van der Waals surface area (Å²) in [5.41, 5.74) is 1.95. The van der Waals surface area contributed by atoms with Gasteiger partial charge in [0.1, 0.15) is 0 Å². The minimum Gasteiger partial charge on any atom is -0.0808 e. The lowest BCUT2D eigenvalue weighted by Gasteiger charge is -2.42. The van der Waals surface area contributed by atoms with Gasteiger partial charge in [0.25, 0.3) is 0 Å². The highest BCUT2D eigenvalue weighted by atomic mass is 28.3. The molecule has 0 N–H and O–H groups in total. The molecule has 0 heterocycles. The number of fused-ring (bicyclic) bond motifs is 2. The van der Waals surface area contributed by atoms with Crippen molar-refractivity contribution in [1.29, 1.82) is 0 Å². The van der Waals surface area contributed by atoms with Crippen LogP contribution in [0.4, 0.5) is 0 Å². The van der Waals surface area contributed by atoms with E-state index in [4.69, 9.17) is 0 Å². The monoisotopic (exact) mass is 352 g/mol. The van der Waals surface area contributed by atoms with E-state index in [2.05, 4.69) is 75.5 Å². The van der Waals surface area contributed by atoms with E-state index in [9.17, 15) is 0 Å². The molecule has 0 aromatic heterocycles. The van der Waals surface area contributed by atoms with Crippen LogP contribution in [0.15, 0.2) is 48.6 Å². The molecule has 4 aliphatic carbocycles. The molecule has 1 heteroatoms. The molecule has 8 atom stereocenters. The van der Waals surface area contributed by atoms with E-state index in [1.54, 1.807) is 0 Å². The van der Waals surface area contributed by atoms with Crippen LogP contribution >= 0.6 is 0 Å². The maximum atomic E-state index is 2.75. The van der Waals surface area contributed by atoms with Crippen LogP contribution in [0.3, 0.4) is 0 Å². The van der Waals surface area contributed by atoms with Crippen LogP contribution in [0.1, 0.15) is 39.5 Å². The molecular weight excluding hydrogens is 316 g/mol. The van der Waals surface area contributed by atoms with Gasteiger partial charge in [-0.05, 0) is 59.4 Å². The van der Waals surface area contributed by atoms with Gasteiger partial charge in [0.15, 0.2) is 0 Å². The second-order valence-electron chi connectivity index (χ2n) is 9.69. The summed E-state index contributed by atoms with van der Waals surface area (Å²) >= 11 is 0. The zero-order valence-electron chi connectivity index (χ0n) is 16.6. The molecule has 2 fully saturated rings. The highest BCUT2D eigenvalue weighted by Gasteiger charge is 2.55. The first-order valence-electron chi connectivity index (χ1n) is 10.8. The zero-order valence-corrected chi connectivity index (χ0v) is 17.6. The van der Waals surface area contributed by atoms with Crippen LogP contribution in [-0.2, 0) is 0 Å². The summed E-state index contributed by atoms with van der Waals surface area (Å²) < 4.78 is 0. The summed E-state index contributed by atoms with van der Waals surface area (Å²) in [6.45, 7) is 10.3. The molecular formula is C24H36Si. The van der Waals surface area contributed by atoms with Crippen molar-refractivity contribution < 1.29 is 0 Å². The Balaban J connectivity index is 1.63. The van der Waals surface area contributed by atoms with E-state index in [-0.39, 0.29) is 0 Å². The Morgan fingerprint density at radius 1 is 0.640 bits per heavy atom. The highest BCUT2D eigenvalue weighted by molar-refractivity contribution is 6.80. The molecule has 0 bridgehead atoms. The smallest absolute Gasteiger partial charge is 0.0548 e. The fraction of sp³-hybridized carbons (Fsp3) is 0.667. The molecule has 0 spiro atoms. The SMILES string of the molecule is CCC1CC([Si](C)(C)C2CC(CC)C3C=CC=CC32)C2C=CC=CC12. The summed E-state index contributed by atoms with van der Waals surface area (Å²) in [7, 11) is -1.34. The predicted molar refractivity (Wildman–Crippen MR) is 112 cm³/mol. The topological polar surface area (TPSA) is 0 Å². The number of hydrogen-bond donors (Lipinski definition) is 0. The van der Waals surface area contributed by atoms with Gasteiger partial charge in [-0.25, -0.2) is 0 Å². The summed E-state index contributed by atoms with van der Waals surface area (Å²) in [6.07, 6.45) is 25.3. The van der Waals surface area contributed by atoms with E-state index in [0.29, 0.717) is 0 Å². The van der Waals surface area contributed by atoms with Gasteiger partial charge in [0, 0.05) is 0 Å². The Kier molecular flexibility index (Phi) is 4.73. The molecule has 4 aliphatic rings. The molecule has 0 aromatic carbocycles. The Labute approximate surface area is 156 Å². The normalized spacial score (nSPS) is 45.0. The van der Waals surface area contributed by atoms with Crippen molar-refractivity contribution in [3.05, 3.63) is 48.6 Å². The van der Waals surface area contributed by atoms with Crippen molar-refractivity contribution in [1.82, 2.24) is 0 Å². The first kappa shape index (κ1) is 17.6. The Morgan fingerprint density at radius 3 is 1.36 bits per heavy atom. The van der Waals surface area contributed by atoms with Crippen LogP contribution in [0.25, 0.3) is 0 Å². The molecule has 25 heavy (non-hydrogen) atoms. The van der Waals surface area contributed by atoms with E-state index >= 15 is 0 Å². The number of allylic oxidation sites excluding steroid dienone is 8. The van der Waals surface area contributed by atoms with Crippen LogP contribution < -0.4 is 0 Å². The summed E-state index contributed by atoms with van der Waals surface area (Å²) in [6, 6.07) is 0. The van der Waals surface area contributed by atoms with Gasteiger partial charge in [0.05, 0.1) is 8.07 Å². The second-order valence-corrected chi connectivity index (χ2v) is 14.8. The molecule has 0 aromatic rings. The lowest BCUT2D eigenvalue weighted by molar-refractivity contribution is 0.406. The molecule has 0 aliphatic heterocycles. The van der Waals surface area contributed by atoms with Gasteiger partial charge in [-0.1, -0.05) is 88.4 Å². The maximum absolute atomic E-state index is 2.75. The van der Waals surface area contributed by atoms with E-state index < -0.39 is 8.07 Å². The quantitative estimate of drug-likeness (QED) is 0.477. The number of rotatable bonds is 4. The van der Waals surface area contributed by atoms with Gasteiger partial charge in [-0.3, -0.25) is 0 Å². The molecule has 8 unspecified atom stereocenters. The second kappa shape index (κ2) is 6.72. The van der Waals surface area contributed by atoms with E-state index in [0.717, 1.165) is 46.6 Å². The molecule has 0 radical (unpaired) electrons. The van der Waals surface area contributed by atoms with Crippen molar-refractivity contribution in [3.63, 3.8) is 0 Å². The van der Waals surface area contributed by atoms with Crippen molar-refractivity contribution in [2.24, 2.45) is 35.5 Å². The third-order valence-electron chi connectivity index (χ3n) is 8.54. The van der Waals surface area contributed by atoms with Gasteiger partial charge in [0.2, 0.25) is 0 Å². The first-order chi connectivity index (χ1) is 12.1.